The van der Waals surface area contributed by atoms with E-state index < -0.39 is 17.3 Å². The second kappa shape index (κ2) is 10.5. The lowest BCUT2D eigenvalue weighted by Crippen LogP contribution is -2.52. The minimum atomic E-state index is -1.55. The van der Waals surface area contributed by atoms with Gasteiger partial charge in [0.1, 0.15) is 17.3 Å². The molecule has 9 heteroatoms. The van der Waals surface area contributed by atoms with Crippen molar-refractivity contribution in [2.75, 3.05) is 41.4 Å². The van der Waals surface area contributed by atoms with E-state index in [2.05, 4.69) is 15.5 Å². The SMILES string of the molecule is CNC(C(N)=O)(c1cccc(OC)c1)c1cc(F)c(-c2cn[nH]c2)cc1OCCCN(C)C. The van der Waals surface area contributed by atoms with Crippen LogP contribution in [0, 0.1) is 5.82 Å². The summed E-state index contributed by atoms with van der Waals surface area (Å²) in [5, 5.41) is 9.62. The molecule has 4 N–H and O–H groups in total. The third-order valence-corrected chi connectivity index (χ3v) is 5.54. The number of primary amides is 1. The summed E-state index contributed by atoms with van der Waals surface area (Å²) in [4.78, 5) is 15.0. The van der Waals surface area contributed by atoms with Crippen molar-refractivity contribution in [3.05, 3.63) is 65.7 Å². The summed E-state index contributed by atoms with van der Waals surface area (Å²) in [6.07, 6.45) is 3.86. The van der Waals surface area contributed by atoms with Crippen molar-refractivity contribution in [2.45, 2.75) is 12.0 Å². The highest BCUT2D eigenvalue weighted by Crippen LogP contribution is 2.40. The molecule has 176 valence electrons. The lowest BCUT2D eigenvalue weighted by atomic mass is 9.80. The molecule has 0 saturated carbocycles. The van der Waals surface area contributed by atoms with E-state index in [9.17, 15) is 4.79 Å². The van der Waals surface area contributed by atoms with Gasteiger partial charge in [-0.05, 0) is 57.4 Å². The van der Waals surface area contributed by atoms with Crippen molar-refractivity contribution >= 4 is 5.91 Å². The summed E-state index contributed by atoms with van der Waals surface area (Å²) in [5.74, 6) is -0.345. The van der Waals surface area contributed by atoms with E-state index in [4.69, 9.17) is 15.2 Å². The zero-order chi connectivity index (χ0) is 24.0. The van der Waals surface area contributed by atoms with Crippen LogP contribution in [-0.2, 0) is 10.3 Å². The number of aromatic nitrogens is 2. The molecule has 8 nitrogen and oxygen atoms in total. The van der Waals surface area contributed by atoms with Gasteiger partial charge in [-0.2, -0.15) is 5.10 Å². The molecular weight excluding hydrogens is 425 g/mol. The van der Waals surface area contributed by atoms with Gasteiger partial charge in [0.15, 0.2) is 5.54 Å². The number of amides is 1. The van der Waals surface area contributed by atoms with Crippen molar-refractivity contribution in [1.82, 2.24) is 20.4 Å². The highest BCUT2D eigenvalue weighted by atomic mass is 19.1. The number of hydrogen-bond donors (Lipinski definition) is 3. The van der Waals surface area contributed by atoms with Crippen molar-refractivity contribution in [3.63, 3.8) is 0 Å². The number of ether oxygens (including phenoxy) is 2. The highest BCUT2D eigenvalue weighted by molar-refractivity contribution is 5.91. The number of carbonyl (C=O) groups is 1. The van der Waals surface area contributed by atoms with Crippen LogP contribution in [0.5, 0.6) is 11.5 Å². The number of likely N-dealkylation sites (N-methyl/N-ethyl adjacent to an activating group) is 1. The normalized spacial score (nSPS) is 13.0. The smallest absolute Gasteiger partial charge is 0.247 e. The van der Waals surface area contributed by atoms with Gasteiger partial charge >= 0.3 is 0 Å². The number of benzene rings is 2. The first kappa shape index (κ1) is 24.2. The fourth-order valence-electron chi connectivity index (χ4n) is 3.84. The first-order chi connectivity index (χ1) is 15.8. The number of halogens is 1. The van der Waals surface area contributed by atoms with Crippen LogP contribution in [0.15, 0.2) is 48.8 Å². The molecule has 0 saturated heterocycles. The van der Waals surface area contributed by atoms with E-state index >= 15 is 4.39 Å². The summed E-state index contributed by atoms with van der Waals surface area (Å²) in [5.41, 5.74) is 6.03. The fourth-order valence-corrected chi connectivity index (χ4v) is 3.84. The summed E-state index contributed by atoms with van der Waals surface area (Å²) in [6.45, 7) is 1.19. The molecular formula is C24H30FN5O3. The van der Waals surface area contributed by atoms with Gasteiger partial charge in [-0.1, -0.05) is 12.1 Å². The average molecular weight is 456 g/mol. The Balaban J connectivity index is 2.19. The Kier molecular flexibility index (Phi) is 7.67. The van der Waals surface area contributed by atoms with Gasteiger partial charge < -0.3 is 20.1 Å². The van der Waals surface area contributed by atoms with E-state index in [1.54, 1.807) is 43.6 Å². The first-order valence-corrected chi connectivity index (χ1v) is 10.6. The van der Waals surface area contributed by atoms with Crippen molar-refractivity contribution in [3.8, 4) is 22.6 Å². The monoisotopic (exact) mass is 455 g/mol. The standard InChI is InChI=1S/C24H30FN5O3/c1-27-24(23(26)31,17-7-5-8-18(11-17)32-4)20-13-21(25)19(16-14-28-29-15-16)12-22(20)33-10-6-9-30(2)3/h5,7-8,11-15,27H,6,9-10H2,1-4H3,(H2,26,31)(H,28,29). The number of nitrogens with one attached hydrogen (secondary N) is 2. The summed E-state index contributed by atoms with van der Waals surface area (Å²) in [6, 6.07) is 9.81. The van der Waals surface area contributed by atoms with Gasteiger partial charge in [-0.15, -0.1) is 0 Å². The predicted molar refractivity (Wildman–Crippen MR) is 125 cm³/mol. The molecule has 0 fully saturated rings. The number of aromatic amines is 1. The molecule has 0 aliphatic rings. The number of hydrogen-bond acceptors (Lipinski definition) is 6. The van der Waals surface area contributed by atoms with Crippen molar-refractivity contribution in [2.24, 2.45) is 5.73 Å². The van der Waals surface area contributed by atoms with Gasteiger partial charge in [0.25, 0.3) is 0 Å². The van der Waals surface area contributed by atoms with Crippen LogP contribution >= 0.6 is 0 Å². The summed E-state index contributed by atoms with van der Waals surface area (Å²) >= 11 is 0. The zero-order valence-corrected chi connectivity index (χ0v) is 19.3. The first-order valence-electron chi connectivity index (χ1n) is 10.6. The van der Waals surface area contributed by atoms with Crippen LogP contribution in [0.1, 0.15) is 17.5 Å². The summed E-state index contributed by atoms with van der Waals surface area (Å²) < 4.78 is 26.8. The van der Waals surface area contributed by atoms with Crippen LogP contribution in [0.25, 0.3) is 11.1 Å². The Morgan fingerprint density at radius 2 is 2.09 bits per heavy atom. The van der Waals surface area contributed by atoms with Crippen LogP contribution in [0.3, 0.4) is 0 Å². The molecule has 1 amide bonds. The average Bonchev–Trinajstić information content (AvgIpc) is 3.33. The second-order valence-electron chi connectivity index (χ2n) is 7.92. The molecule has 0 aliphatic heterocycles. The van der Waals surface area contributed by atoms with Crippen molar-refractivity contribution < 1.29 is 18.7 Å². The molecule has 33 heavy (non-hydrogen) atoms. The molecule has 2 aromatic carbocycles. The second-order valence-corrected chi connectivity index (χ2v) is 7.92. The molecule has 1 unspecified atom stereocenters. The number of methoxy groups -OCH3 is 1. The molecule has 0 radical (unpaired) electrons. The van der Waals surface area contributed by atoms with Gasteiger partial charge in [0.2, 0.25) is 5.91 Å². The number of nitrogens with two attached hydrogens (primary N) is 1. The highest BCUT2D eigenvalue weighted by Gasteiger charge is 2.42. The maximum Gasteiger partial charge on any atom is 0.247 e. The third-order valence-electron chi connectivity index (χ3n) is 5.54. The molecule has 3 aromatic rings. The fraction of sp³-hybridized carbons (Fsp3) is 0.333. The van der Waals surface area contributed by atoms with Gasteiger partial charge in [-0.25, -0.2) is 4.39 Å². The molecule has 0 bridgehead atoms. The molecule has 0 aliphatic carbocycles. The Labute approximate surface area is 192 Å². The summed E-state index contributed by atoms with van der Waals surface area (Å²) in [7, 11) is 7.08. The number of nitrogens with zero attached hydrogens (tertiary/aromatic N) is 2. The van der Waals surface area contributed by atoms with Gasteiger partial charge in [0, 0.05) is 29.4 Å². The van der Waals surface area contributed by atoms with Crippen LogP contribution in [0.4, 0.5) is 4.39 Å². The Bertz CT molecular complexity index is 1090. The van der Waals surface area contributed by atoms with E-state index in [0.717, 1.165) is 13.0 Å². The number of rotatable bonds is 11. The third kappa shape index (κ3) is 4.99. The quantitative estimate of drug-likeness (QED) is 0.384. The minimum Gasteiger partial charge on any atom is -0.497 e. The molecule has 1 heterocycles. The van der Waals surface area contributed by atoms with Crippen LogP contribution in [-0.4, -0.2) is 62.4 Å². The molecule has 0 spiro atoms. The maximum atomic E-state index is 15.4. The maximum absolute atomic E-state index is 15.4. The topological polar surface area (TPSA) is 106 Å². The Morgan fingerprint density at radius 1 is 1.30 bits per heavy atom. The molecule has 3 rings (SSSR count). The Morgan fingerprint density at radius 3 is 2.70 bits per heavy atom. The van der Waals surface area contributed by atoms with E-state index in [1.165, 1.54) is 19.4 Å². The predicted octanol–water partition coefficient (Wildman–Crippen LogP) is 2.50. The lowest BCUT2D eigenvalue weighted by molar-refractivity contribution is -0.123. The molecule has 1 atom stereocenters. The lowest BCUT2D eigenvalue weighted by Gasteiger charge is -2.33. The minimum absolute atomic E-state index is 0.278. The van der Waals surface area contributed by atoms with E-state index in [-0.39, 0.29) is 5.56 Å². The van der Waals surface area contributed by atoms with E-state index in [1.807, 2.05) is 19.0 Å². The largest absolute Gasteiger partial charge is 0.497 e. The zero-order valence-electron chi connectivity index (χ0n) is 19.3. The van der Waals surface area contributed by atoms with Gasteiger partial charge in [-0.3, -0.25) is 15.2 Å². The Hall–Kier alpha value is -3.43. The van der Waals surface area contributed by atoms with E-state index in [0.29, 0.717) is 34.8 Å². The number of H-pyrrole nitrogens is 1. The van der Waals surface area contributed by atoms with Crippen LogP contribution in [0.2, 0.25) is 0 Å². The van der Waals surface area contributed by atoms with Gasteiger partial charge in [0.05, 0.1) is 19.9 Å². The van der Waals surface area contributed by atoms with Crippen molar-refractivity contribution in [1.29, 1.82) is 0 Å². The molecule has 1 aromatic heterocycles. The number of carbonyl (C=O) groups excluding carboxylic acids is 1. The van der Waals surface area contributed by atoms with Crippen LogP contribution < -0.4 is 20.5 Å².